The summed E-state index contributed by atoms with van der Waals surface area (Å²) in [7, 11) is 3.10. The van der Waals surface area contributed by atoms with Crippen molar-refractivity contribution in [3.05, 3.63) is 35.5 Å². The van der Waals surface area contributed by atoms with E-state index >= 15 is 0 Å². The number of hydrogen-bond donors (Lipinski definition) is 0. The highest BCUT2D eigenvalue weighted by atomic mass is 16.5. The molecule has 3 rings (SSSR count). The third-order valence-corrected chi connectivity index (χ3v) is 4.31. The van der Waals surface area contributed by atoms with Gasteiger partial charge in [-0.15, -0.1) is 10.2 Å². The van der Waals surface area contributed by atoms with Crippen molar-refractivity contribution in [2.45, 2.75) is 25.7 Å². The van der Waals surface area contributed by atoms with E-state index in [0.29, 0.717) is 41.9 Å². The second kappa shape index (κ2) is 6.90. The number of carbonyl (C=O) groups is 1. The van der Waals surface area contributed by atoms with E-state index < -0.39 is 0 Å². The van der Waals surface area contributed by atoms with E-state index in [9.17, 15) is 4.79 Å². The minimum absolute atomic E-state index is 0.0792. The summed E-state index contributed by atoms with van der Waals surface area (Å²) < 4.78 is 16.2. The first-order valence-corrected chi connectivity index (χ1v) is 7.94. The SMILES string of the molecule is COc1cccc(OC)c1C(=O)N1CCC(c2nnc(C)o2)CC1. The van der Waals surface area contributed by atoms with Gasteiger partial charge in [-0.3, -0.25) is 4.79 Å². The summed E-state index contributed by atoms with van der Waals surface area (Å²) in [4.78, 5) is 14.7. The molecule has 1 aromatic carbocycles. The van der Waals surface area contributed by atoms with Crippen LogP contribution >= 0.6 is 0 Å². The van der Waals surface area contributed by atoms with Gasteiger partial charge in [0.2, 0.25) is 11.8 Å². The number of hydrogen-bond acceptors (Lipinski definition) is 6. The second-order valence-corrected chi connectivity index (χ2v) is 5.76. The van der Waals surface area contributed by atoms with Crippen molar-refractivity contribution >= 4 is 5.91 Å². The second-order valence-electron chi connectivity index (χ2n) is 5.76. The predicted molar refractivity (Wildman–Crippen MR) is 86.5 cm³/mol. The molecule has 1 aromatic heterocycles. The highest BCUT2D eigenvalue weighted by Crippen LogP contribution is 2.32. The quantitative estimate of drug-likeness (QED) is 0.856. The van der Waals surface area contributed by atoms with Gasteiger partial charge in [0.25, 0.3) is 5.91 Å². The molecule has 24 heavy (non-hydrogen) atoms. The molecule has 2 heterocycles. The first-order valence-electron chi connectivity index (χ1n) is 7.94. The Kier molecular flexibility index (Phi) is 4.69. The molecule has 1 fully saturated rings. The number of rotatable bonds is 4. The predicted octanol–water partition coefficient (Wildman–Crippen LogP) is 2.42. The molecule has 1 aliphatic rings. The van der Waals surface area contributed by atoms with Crippen LogP contribution in [0, 0.1) is 6.92 Å². The maximum atomic E-state index is 12.9. The summed E-state index contributed by atoms with van der Waals surface area (Å²) in [5.74, 6) is 2.40. The number of carbonyl (C=O) groups excluding carboxylic acids is 1. The number of benzene rings is 1. The fraction of sp³-hybridized carbons (Fsp3) is 0.471. The largest absolute Gasteiger partial charge is 0.496 e. The minimum Gasteiger partial charge on any atom is -0.496 e. The van der Waals surface area contributed by atoms with E-state index in [0.717, 1.165) is 12.8 Å². The van der Waals surface area contributed by atoms with Gasteiger partial charge in [0.15, 0.2) is 0 Å². The molecule has 0 N–H and O–H groups in total. The lowest BCUT2D eigenvalue weighted by Crippen LogP contribution is -2.38. The van der Waals surface area contributed by atoms with Crippen molar-refractivity contribution in [2.75, 3.05) is 27.3 Å². The van der Waals surface area contributed by atoms with Gasteiger partial charge in [-0.05, 0) is 25.0 Å². The van der Waals surface area contributed by atoms with Crippen molar-refractivity contribution < 1.29 is 18.7 Å². The Balaban J connectivity index is 1.74. The van der Waals surface area contributed by atoms with E-state index in [1.54, 1.807) is 39.3 Å². The molecule has 0 aliphatic carbocycles. The molecule has 7 heteroatoms. The zero-order valence-electron chi connectivity index (χ0n) is 14.1. The van der Waals surface area contributed by atoms with Gasteiger partial charge < -0.3 is 18.8 Å². The number of piperidine rings is 1. The normalized spacial score (nSPS) is 15.4. The van der Waals surface area contributed by atoms with E-state index in [1.807, 2.05) is 4.90 Å². The lowest BCUT2D eigenvalue weighted by atomic mass is 9.96. The van der Waals surface area contributed by atoms with Crippen molar-refractivity contribution in [1.29, 1.82) is 0 Å². The highest BCUT2D eigenvalue weighted by molar-refractivity contribution is 5.99. The van der Waals surface area contributed by atoms with Crippen LogP contribution in [0.1, 0.15) is 40.9 Å². The van der Waals surface area contributed by atoms with E-state index in [1.165, 1.54) is 0 Å². The number of aryl methyl sites for hydroxylation is 1. The maximum Gasteiger partial charge on any atom is 0.261 e. The van der Waals surface area contributed by atoms with Crippen LogP contribution in [0.4, 0.5) is 0 Å². The van der Waals surface area contributed by atoms with Crippen molar-refractivity contribution in [3.8, 4) is 11.5 Å². The molecule has 1 saturated heterocycles. The van der Waals surface area contributed by atoms with Crippen LogP contribution in [0.25, 0.3) is 0 Å². The summed E-state index contributed by atoms with van der Waals surface area (Å²) in [5, 5.41) is 7.97. The van der Waals surface area contributed by atoms with Gasteiger partial charge in [0, 0.05) is 25.9 Å². The van der Waals surface area contributed by atoms with Gasteiger partial charge in [-0.25, -0.2) is 0 Å². The summed E-state index contributed by atoms with van der Waals surface area (Å²) in [6.45, 7) is 3.04. The lowest BCUT2D eigenvalue weighted by molar-refractivity contribution is 0.0699. The van der Waals surface area contributed by atoms with Crippen LogP contribution in [0.5, 0.6) is 11.5 Å². The van der Waals surface area contributed by atoms with Gasteiger partial charge in [-0.2, -0.15) is 0 Å². The lowest BCUT2D eigenvalue weighted by Gasteiger charge is -2.31. The third-order valence-electron chi connectivity index (χ3n) is 4.31. The Labute approximate surface area is 140 Å². The highest BCUT2D eigenvalue weighted by Gasteiger charge is 2.30. The standard InChI is InChI=1S/C17H21N3O4/c1-11-18-19-16(24-11)12-7-9-20(10-8-12)17(21)15-13(22-2)5-4-6-14(15)23-3/h4-6,12H,7-10H2,1-3H3. The van der Waals surface area contributed by atoms with Gasteiger partial charge in [0.05, 0.1) is 14.2 Å². The number of amides is 1. The molecule has 1 amide bonds. The molecule has 0 spiro atoms. The van der Waals surface area contributed by atoms with Crippen LogP contribution in [-0.4, -0.2) is 48.3 Å². The summed E-state index contributed by atoms with van der Waals surface area (Å²) >= 11 is 0. The Morgan fingerprint density at radius 2 is 1.79 bits per heavy atom. The van der Waals surface area contributed by atoms with Crippen LogP contribution in [0.3, 0.4) is 0 Å². The molecule has 0 radical (unpaired) electrons. The Bertz CT molecular complexity index is 698. The molecule has 0 unspecified atom stereocenters. The fourth-order valence-corrected chi connectivity index (χ4v) is 3.03. The van der Waals surface area contributed by atoms with E-state index in [4.69, 9.17) is 13.9 Å². The monoisotopic (exact) mass is 331 g/mol. The van der Waals surface area contributed by atoms with Crippen LogP contribution in [0.2, 0.25) is 0 Å². The first kappa shape index (κ1) is 16.3. The van der Waals surface area contributed by atoms with Crippen molar-refractivity contribution in [1.82, 2.24) is 15.1 Å². The average Bonchev–Trinajstić information content (AvgIpc) is 3.06. The molecule has 0 saturated carbocycles. The summed E-state index contributed by atoms with van der Waals surface area (Å²) in [5.41, 5.74) is 0.467. The molecular weight excluding hydrogens is 310 g/mol. The van der Waals surface area contributed by atoms with Crippen molar-refractivity contribution in [2.24, 2.45) is 0 Å². The topological polar surface area (TPSA) is 77.7 Å². The van der Waals surface area contributed by atoms with Crippen LogP contribution in [-0.2, 0) is 0 Å². The molecule has 128 valence electrons. The maximum absolute atomic E-state index is 12.9. The Morgan fingerprint density at radius 1 is 1.17 bits per heavy atom. The zero-order valence-corrected chi connectivity index (χ0v) is 14.1. The molecular formula is C17H21N3O4. The number of likely N-dealkylation sites (tertiary alicyclic amines) is 1. The van der Waals surface area contributed by atoms with Crippen molar-refractivity contribution in [3.63, 3.8) is 0 Å². The first-order chi connectivity index (χ1) is 11.6. The smallest absolute Gasteiger partial charge is 0.261 e. The third kappa shape index (κ3) is 3.06. The molecule has 1 aliphatic heterocycles. The minimum atomic E-state index is -0.0792. The Hall–Kier alpha value is -2.57. The summed E-state index contributed by atoms with van der Waals surface area (Å²) in [6, 6.07) is 5.34. The number of aromatic nitrogens is 2. The van der Waals surface area contributed by atoms with Gasteiger partial charge >= 0.3 is 0 Å². The average molecular weight is 331 g/mol. The zero-order chi connectivity index (χ0) is 17.1. The molecule has 0 bridgehead atoms. The number of nitrogens with zero attached hydrogens (tertiary/aromatic N) is 3. The van der Waals surface area contributed by atoms with Gasteiger partial charge in [0.1, 0.15) is 17.1 Å². The van der Waals surface area contributed by atoms with E-state index in [-0.39, 0.29) is 11.8 Å². The molecule has 2 aromatic rings. The molecule has 7 nitrogen and oxygen atoms in total. The number of methoxy groups -OCH3 is 2. The number of ether oxygens (including phenoxy) is 2. The Morgan fingerprint density at radius 3 is 2.29 bits per heavy atom. The van der Waals surface area contributed by atoms with Crippen LogP contribution < -0.4 is 9.47 Å². The van der Waals surface area contributed by atoms with Gasteiger partial charge in [-0.1, -0.05) is 6.07 Å². The van der Waals surface area contributed by atoms with Crippen LogP contribution in [0.15, 0.2) is 22.6 Å². The van der Waals surface area contributed by atoms with E-state index in [2.05, 4.69) is 10.2 Å². The molecule has 0 atom stereocenters. The fourth-order valence-electron chi connectivity index (χ4n) is 3.03. The summed E-state index contributed by atoms with van der Waals surface area (Å²) in [6.07, 6.45) is 1.59.